The molecule has 0 aromatic heterocycles. The van der Waals surface area contributed by atoms with Crippen LogP contribution >= 0.6 is 0 Å². The van der Waals surface area contributed by atoms with Crippen molar-refractivity contribution < 1.29 is 13.2 Å². The van der Waals surface area contributed by atoms with Crippen molar-refractivity contribution in [3.63, 3.8) is 0 Å². The van der Waals surface area contributed by atoms with Gasteiger partial charge in [0.2, 0.25) is 10.0 Å². The Bertz CT molecular complexity index is 900. The number of nitrogens with zero attached hydrogens (tertiary/aromatic N) is 1. The van der Waals surface area contributed by atoms with Gasteiger partial charge in [-0.1, -0.05) is 36.4 Å². The highest BCUT2D eigenvalue weighted by Crippen LogP contribution is 2.26. The predicted molar refractivity (Wildman–Crippen MR) is 112 cm³/mol. The van der Waals surface area contributed by atoms with Gasteiger partial charge in [-0.05, 0) is 55.5 Å². The van der Waals surface area contributed by atoms with Crippen molar-refractivity contribution in [1.82, 2.24) is 9.62 Å². The molecule has 1 N–H and O–H groups in total. The second kappa shape index (κ2) is 8.74. The molecule has 1 aliphatic rings. The molecule has 5 nitrogen and oxygen atoms in total. The molecule has 0 saturated carbocycles. The highest BCUT2D eigenvalue weighted by atomic mass is 32.2. The Morgan fingerprint density at radius 1 is 1.07 bits per heavy atom. The van der Waals surface area contributed by atoms with Gasteiger partial charge in [0, 0.05) is 26.2 Å². The van der Waals surface area contributed by atoms with E-state index in [0.29, 0.717) is 18.0 Å². The van der Waals surface area contributed by atoms with Crippen LogP contribution in [0, 0.1) is 27.7 Å². The Hall–Kier alpha value is -1.73. The lowest BCUT2D eigenvalue weighted by atomic mass is 10.0. The molecule has 0 amide bonds. The fourth-order valence-corrected chi connectivity index (χ4v) is 5.43. The quantitative estimate of drug-likeness (QED) is 0.807. The van der Waals surface area contributed by atoms with Gasteiger partial charge in [0.05, 0.1) is 17.6 Å². The molecule has 3 rings (SSSR count). The third-order valence-corrected chi connectivity index (χ3v) is 7.24. The molecule has 1 unspecified atom stereocenters. The standard InChI is InChI=1S/C22H30N2O3S/c1-16-12-17(2)19(4)22(18(16)3)28(25,26)23-13-21-15-24(10-11-27-21)14-20-8-6-5-7-9-20/h5-9,12,21,23H,10-11,13-15H2,1-4H3. The molecule has 0 aliphatic carbocycles. The van der Waals surface area contributed by atoms with E-state index in [9.17, 15) is 8.42 Å². The molecule has 1 heterocycles. The van der Waals surface area contributed by atoms with Gasteiger partial charge in [-0.25, -0.2) is 13.1 Å². The first-order chi connectivity index (χ1) is 13.3. The molecular formula is C22H30N2O3S. The number of hydrogen-bond donors (Lipinski definition) is 1. The number of morpholine rings is 1. The summed E-state index contributed by atoms with van der Waals surface area (Å²) in [5.41, 5.74) is 4.86. The Labute approximate surface area is 168 Å². The van der Waals surface area contributed by atoms with Crippen molar-refractivity contribution in [2.75, 3.05) is 26.2 Å². The molecule has 0 radical (unpaired) electrons. The summed E-state index contributed by atoms with van der Waals surface area (Å²) in [6.07, 6.45) is -0.154. The molecule has 0 bridgehead atoms. The van der Waals surface area contributed by atoms with Crippen LogP contribution in [-0.2, 0) is 21.3 Å². The summed E-state index contributed by atoms with van der Waals surface area (Å²) >= 11 is 0. The third-order valence-electron chi connectivity index (χ3n) is 5.54. The first kappa shape index (κ1) is 21.0. The average Bonchev–Trinajstić information content (AvgIpc) is 2.66. The van der Waals surface area contributed by atoms with Gasteiger partial charge >= 0.3 is 0 Å². The van der Waals surface area contributed by atoms with E-state index in [1.165, 1.54) is 5.56 Å². The monoisotopic (exact) mass is 402 g/mol. The Morgan fingerprint density at radius 2 is 1.71 bits per heavy atom. The highest BCUT2D eigenvalue weighted by molar-refractivity contribution is 7.89. The van der Waals surface area contributed by atoms with Crippen LogP contribution in [0.3, 0.4) is 0 Å². The number of rotatable bonds is 6. The zero-order valence-corrected chi connectivity index (χ0v) is 18.0. The summed E-state index contributed by atoms with van der Waals surface area (Å²) in [6.45, 7) is 10.9. The number of nitrogens with one attached hydrogen (secondary N) is 1. The number of hydrogen-bond acceptors (Lipinski definition) is 4. The fraction of sp³-hybridized carbons (Fsp3) is 0.455. The van der Waals surface area contributed by atoms with Gasteiger partial charge in [0.25, 0.3) is 0 Å². The number of sulfonamides is 1. The van der Waals surface area contributed by atoms with Crippen molar-refractivity contribution in [3.8, 4) is 0 Å². The maximum Gasteiger partial charge on any atom is 0.241 e. The van der Waals surface area contributed by atoms with E-state index in [2.05, 4.69) is 21.8 Å². The molecule has 0 spiro atoms. The summed E-state index contributed by atoms with van der Waals surface area (Å²) in [6, 6.07) is 12.3. The van der Waals surface area contributed by atoms with E-state index >= 15 is 0 Å². The highest BCUT2D eigenvalue weighted by Gasteiger charge is 2.26. The lowest BCUT2D eigenvalue weighted by molar-refractivity contribution is -0.0276. The number of aryl methyl sites for hydroxylation is 2. The maximum absolute atomic E-state index is 13.0. The van der Waals surface area contributed by atoms with Crippen molar-refractivity contribution in [3.05, 3.63) is 64.2 Å². The van der Waals surface area contributed by atoms with Crippen molar-refractivity contribution in [2.24, 2.45) is 0 Å². The summed E-state index contributed by atoms with van der Waals surface area (Å²) in [5, 5.41) is 0. The normalized spacial score (nSPS) is 18.4. The minimum atomic E-state index is -3.59. The minimum Gasteiger partial charge on any atom is -0.374 e. The predicted octanol–water partition coefficient (Wildman–Crippen LogP) is 3.10. The fourth-order valence-electron chi connectivity index (χ4n) is 3.75. The summed E-state index contributed by atoms with van der Waals surface area (Å²) in [4.78, 5) is 2.72. The SMILES string of the molecule is Cc1cc(C)c(C)c(S(=O)(=O)NCC2CN(Cc3ccccc3)CCO2)c1C. The second-order valence-electron chi connectivity index (χ2n) is 7.65. The summed E-state index contributed by atoms with van der Waals surface area (Å²) < 4.78 is 34.6. The number of ether oxygens (including phenoxy) is 1. The van der Waals surface area contributed by atoms with Crippen LogP contribution in [0.5, 0.6) is 0 Å². The molecule has 2 aromatic carbocycles. The van der Waals surface area contributed by atoms with E-state index in [4.69, 9.17) is 4.74 Å². The lowest BCUT2D eigenvalue weighted by Crippen LogP contribution is -2.47. The molecule has 28 heavy (non-hydrogen) atoms. The van der Waals surface area contributed by atoms with Crippen LogP contribution in [0.1, 0.15) is 27.8 Å². The van der Waals surface area contributed by atoms with Crippen LogP contribution in [0.4, 0.5) is 0 Å². The maximum atomic E-state index is 13.0. The molecule has 2 aromatic rings. The van der Waals surface area contributed by atoms with Gasteiger partial charge < -0.3 is 4.74 Å². The van der Waals surface area contributed by atoms with E-state index in [1.54, 1.807) is 0 Å². The summed E-state index contributed by atoms with van der Waals surface area (Å²) in [5.74, 6) is 0. The molecule has 1 fully saturated rings. The third kappa shape index (κ3) is 4.81. The molecule has 1 atom stereocenters. The van der Waals surface area contributed by atoms with Crippen molar-refractivity contribution in [1.29, 1.82) is 0 Å². The van der Waals surface area contributed by atoms with E-state index in [0.717, 1.165) is 35.3 Å². The van der Waals surface area contributed by atoms with Crippen LogP contribution < -0.4 is 4.72 Å². The van der Waals surface area contributed by atoms with E-state index in [-0.39, 0.29) is 12.6 Å². The molecule has 152 valence electrons. The second-order valence-corrected chi connectivity index (χ2v) is 9.36. The largest absolute Gasteiger partial charge is 0.374 e. The van der Waals surface area contributed by atoms with Gasteiger partial charge in [-0.3, -0.25) is 4.90 Å². The first-order valence-electron chi connectivity index (χ1n) is 9.73. The van der Waals surface area contributed by atoms with Gasteiger partial charge in [0.15, 0.2) is 0 Å². The Kier molecular flexibility index (Phi) is 6.55. The average molecular weight is 403 g/mol. The van der Waals surface area contributed by atoms with Gasteiger partial charge in [-0.2, -0.15) is 0 Å². The molecule has 1 saturated heterocycles. The first-order valence-corrected chi connectivity index (χ1v) is 11.2. The van der Waals surface area contributed by atoms with Crippen LogP contribution in [0.25, 0.3) is 0 Å². The molecular weight excluding hydrogens is 372 g/mol. The number of benzene rings is 2. The van der Waals surface area contributed by atoms with Crippen LogP contribution in [0.2, 0.25) is 0 Å². The van der Waals surface area contributed by atoms with E-state index in [1.807, 2.05) is 52.0 Å². The lowest BCUT2D eigenvalue weighted by Gasteiger charge is -2.33. The van der Waals surface area contributed by atoms with Gasteiger partial charge in [-0.15, -0.1) is 0 Å². The Balaban J connectivity index is 1.66. The zero-order chi connectivity index (χ0) is 20.3. The van der Waals surface area contributed by atoms with E-state index < -0.39 is 10.0 Å². The van der Waals surface area contributed by atoms with Gasteiger partial charge in [0.1, 0.15) is 0 Å². The summed E-state index contributed by atoms with van der Waals surface area (Å²) in [7, 11) is -3.59. The Morgan fingerprint density at radius 3 is 2.36 bits per heavy atom. The molecule has 6 heteroatoms. The molecule has 1 aliphatic heterocycles. The minimum absolute atomic E-state index is 0.154. The topological polar surface area (TPSA) is 58.6 Å². The van der Waals surface area contributed by atoms with Crippen molar-refractivity contribution in [2.45, 2.75) is 45.2 Å². The zero-order valence-electron chi connectivity index (χ0n) is 17.2. The van der Waals surface area contributed by atoms with Crippen molar-refractivity contribution >= 4 is 10.0 Å². The smallest absolute Gasteiger partial charge is 0.241 e. The van der Waals surface area contributed by atoms with Crippen LogP contribution in [-0.4, -0.2) is 45.7 Å². The van der Waals surface area contributed by atoms with Crippen LogP contribution in [0.15, 0.2) is 41.3 Å².